The molecule has 0 radical (unpaired) electrons. The minimum atomic E-state index is 0.482. The number of likely N-dealkylation sites (N-methyl/N-ethyl adjacent to an activating group) is 1. The Labute approximate surface area is 79.8 Å². The van der Waals surface area contributed by atoms with Gasteiger partial charge in [0.2, 0.25) is 0 Å². The third kappa shape index (κ3) is 2.49. The maximum Gasteiger partial charge on any atom is 0.0813 e. The second kappa shape index (κ2) is 4.33. The van der Waals surface area contributed by atoms with E-state index in [-0.39, 0.29) is 0 Å². The molecule has 0 saturated heterocycles. The van der Waals surface area contributed by atoms with Crippen LogP contribution in [-0.4, -0.2) is 32.1 Å². The zero-order chi connectivity index (χ0) is 9.84. The molecule has 1 aliphatic carbocycles. The van der Waals surface area contributed by atoms with E-state index in [0.717, 1.165) is 5.70 Å². The van der Waals surface area contributed by atoms with Crippen molar-refractivity contribution in [1.82, 2.24) is 4.90 Å². The van der Waals surface area contributed by atoms with Crippen LogP contribution in [0.2, 0.25) is 0 Å². The summed E-state index contributed by atoms with van der Waals surface area (Å²) in [4.78, 5) is 2.21. The SMILES string of the molecule is CN=NC1=CC(C)C(N(C)C)C=C1. The molecule has 2 unspecified atom stereocenters. The lowest BCUT2D eigenvalue weighted by Gasteiger charge is -2.27. The minimum Gasteiger partial charge on any atom is -0.302 e. The molecule has 0 N–H and O–H groups in total. The van der Waals surface area contributed by atoms with E-state index >= 15 is 0 Å². The summed E-state index contributed by atoms with van der Waals surface area (Å²) in [6.07, 6.45) is 6.35. The fourth-order valence-corrected chi connectivity index (χ4v) is 1.62. The van der Waals surface area contributed by atoms with Crippen LogP contribution in [0.3, 0.4) is 0 Å². The lowest BCUT2D eigenvalue weighted by Crippen LogP contribution is -2.32. The summed E-state index contributed by atoms with van der Waals surface area (Å²) in [7, 11) is 5.87. The molecule has 0 fully saturated rings. The predicted molar refractivity (Wildman–Crippen MR) is 54.6 cm³/mol. The van der Waals surface area contributed by atoms with E-state index in [2.05, 4.69) is 48.3 Å². The van der Waals surface area contributed by atoms with Crippen molar-refractivity contribution in [3.05, 3.63) is 23.9 Å². The fraction of sp³-hybridized carbons (Fsp3) is 0.600. The largest absolute Gasteiger partial charge is 0.302 e. The molecule has 0 aromatic carbocycles. The first-order chi connectivity index (χ1) is 6.15. The zero-order valence-electron chi connectivity index (χ0n) is 8.73. The molecule has 0 heterocycles. The quantitative estimate of drug-likeness (QED) is 0.596. The maximum absolute atomic E-state index is 4.01. The molecule has 0 saturated carbocycles. The smallest absolute Gasteiger partial charge is 0.0813 e. The summed E-state index contributed by atoms with van der Waals surface area (Å²) in [5.74, 6) is 0.500. The van der Waals surface area contributed by atoms with Crippen LogP contribution in [0.1, 0.15) is 6.92 Å². The molecule has 2 atom stereocenters. The number of hydrogen-bond donors (Lipinski definition) is 0. The molecule has 0 aliphatic heterocycles. The minimum absolute atomic E-state index is 0.482. The molecular formula is C10H17N3. The van der Waals surface area contributed by atoms with Gasteiger partial charge in [-0.25, -0.2) is 0 Å². The summed E-state index contributed by atoms with van der Waals surface area (Å²) in [5.41, 5.74) is 0.966. The topological polar surface area (TPSA) is 28.0 Å². The third-order valence-corrected chi connectivity index (χ3v) is 2.25. The van der Waals surface area contributed by atoms with Crippen LogP contribution in [0.15, 0.2) is 34.2 Å². The van der Waals surface area contributed by atoms with E-state index < -0.39 is 0 Å². The van der Waals surface area contributed by atoms with Crippen molar-refractivity contribution >= 4 is 0 Å². The predicted octanol–water partition coefficient (Wildman–Crippen LogP) is 2.09. The highest BCUT2D eigenvalue weighted by Gasteiger charge is 2.18. The third-order valence-electron chi connectivity index (χ3n) is 2.25. The van der Waals surface area contributed by atoms with Gasteiger partial charge in [-0.1, -0.05) is 19.1 Å². The first-order valence-electron chi connectivity index (χ1n) is 4.51. The van der Waals surface area contributed by atoms with E-state index in [1.165, 1.54) is 0 Å². The molecule has 0 spiro atoms. The number of hydrogen-bond acceptors (Lipinski definition) is 3. The highest BCUT2D eigenvalue weighted by atomic mass is 15.1. The number of nitrogens with zero attached hydrogens (tertiary/aromatic N) is 3. The van der Waals surface area contributed by atoms with Gasteiger partial charge in [-0.05, 0) is 26.1 Å². The second-order valence-corrected chi connectivity index (χ2v) is 3.56. The van der Waals surface area contributed by atoms with Crippen LogP contribution in [0.5, 0.6) is 0 Å². The van der Waals surface area contributed by atoms with Gasteiger partial charge in [0.1, 0.15) is 0 Å². The van der Waals surface area contributed by atoms with E-state index in [4.69, 9.17) is 0 Å². The van der Waals surface area contributed by atoms with Crippen molar-refractivity contribution in [3.63, 3.8) is 0 Å². The molecule has 0 amide bonds. The van der Waals surface area contributed by atoms with Gasteiger partial charge in [0.25, 0.3) is 0 Å². The van der Waals surface area contributed by atoms with Gasteiger partial charge in [0.15, 0.2) is 0 Å². The Hall–Kier alpha value is -0.960. The Bertz CT molecular complexity index is 251. The lowest BCUT2D eigenvalue weighted by molar-refractivity contribution is 0.293. The standard InChI is InChI=1S/C10H17N3/c1-8-7-9(12-11-2)5-6-10(8)13(3)4/h5-8,10H,1-4H3. The van der Waals surface area contributed by atoms with Crippen LogP contribution in [0, 0.1) is 5.92 Å². The highest BCUT2D eigenvalue weighted by molar-refractivity contribution is 5.25. The second-order valence-electron chi connectivity index (χ2n) is 3.56. The van der Waals surface area contributed by atoms with Gasteiger partial charge in [-0.3, -0.25) is 0 Å². The molecular weight excluding hydrogens is 162 g/mol. The van der Waals surface area contributed by atoms with Crippen LogP contribution in [0.4, 0.5) is 0 Å². The Kier molecular flexibility index (Phi) is 3.37. The van der Waals surface area contributed by atoms with Crippen molar-refractivity contribution in [2.75, 3.05) is 21.1 Å². The highest BCUT2D eigenvalue weighted by Crippen LogP contribution is 2.20. The van der Waals surface area contributed by atoms with Gasteiger partial charge in [-0.2, -0.15) is 10.2 Å². The van der Waals surface area contributed by atoms with Crippen LogP contribution >= 0.6 is 0 Å². The number of rotatable bonds is 2. The van der Waals surface area contributed by atoms with Crippen molar-refractivity contribution in [1.29, 1.82) is 0 Å². The first-order valence-corrected chi connectivity index (χ1v) is 4.51. The van der Waals surface area contributed by atoms with E-state index in [1.807, 2.05) is 6.08 Å². The molecule has 3 nitrogen and oxygen atoms in total. The molecule has 1 aliphatic rings. The van der Waals surface area contributed by atoms with E-state index in [0.29, 0.717) is 12.0 Å². The Morgan fingerprint density at radius 1 is 1.38 bits per heavy atom. The average molecular weight is 179 g/mol. The lowest BCUT2D eigenvalue weighted by atomic mass is 9.95. The molecule has 3 heteroatoms. The fourth-order valence-electron chi connectivity index (χ4n) is 1.62. The van der Waals surface area contributed by atoms with Crippen molar-refractivity contribution in [3.8, 4) is 0 Å². The van der Waals surface area contributed by atoms with Crippen molar-refractivity contribution < 1.29 is 0 Å². The van der Waals surface area contributed by atoms with Crippen LogP contribution in [-0.2, 0) is 0 Å². The van der Waals surface area contributed by atoms with Gasteiger partial charge in [0, 0.05) is 13.1 Å². The molecule has 72 valence electrons. The molecule has 1 rings (SSSR count). The average Bonchev–Trinajstić information content (AvgIpc) is 2.04. The summed E-state index contributed by atoms with van der Waals surface area (Å²) in [6, 6.07) is 0.482. The van der Waals surface area contributed by atoms with Gasteiger partial charge in [-0.15, -0.1) is 0 Å². The van der Waals surface area contributed by atoms with Gasteiger partial charge < -0.3 is 4.90 Å². The normalized spacial score (nSPS) is 28.5. The Morgan fingerprint density at radius 2 is 2.08 bits per heavy atom. The number of azo groups is 1. The van der Waals surface area contributed by atoms with Gasteiger partial charge >= 0.3 is 0 Å². The summed E-state index contributed by atoms with van der Waals surface area (Å²) >= 11 is 0. The van der Waals surface area contributed by atoms with Crippen molar-refractivity contribution in [2.45, 2.75) is 13.0 Å². The van der Waals surface area contributed by atoms with Gasteiger partial charge in [0.05, 0.1) is 5.70 Å². The van der Waals surface area contributed by atoms with Crippen LogP contribution in [0.25, 0.3) is 0 Å². The van der Waals surface area contributed by atoms with E-state index in [1.54, 1.807) is 7.05 Å². The molecule has 0 aromatic heterocycles. The summed E-state index contributed by atoms with van der Waals surface area (Å²) in [5, 5.41) is 7.76. The van der Waals surface area contributed by atoms with E-state index in [9.17, 15) is 0 Å². The van der Waals surface area contributed by atoms with Crippen LogP contribution < -0.4 is 0 Å². The monoisotopic (exact) mass is 179 g/mol. The molecule has 13 heavy (non-hydrogen) atoms. The first kappa shape index (κ1) is 10.1. The molecule has 0 aromatic rings. The summed E-state index contributed by atoms with van der Waals surface area (Å²) in [6.45, 7) is 2.19. The Balaban J connectivity index is 2.72. The Morgan fingerprint density at radius 3 is 2.54 bits per heavy atom. The zero-order valence-corrected chi connectivity index (χ0v) is 8.73. The molecule has 0 bridgehead atoms. The maximum atomic E-state index is 4.01. The van der Waals surface area contributed by atoms with Crippen molar-refractivity contribution in [2.24, 2.45) is 16.1 Å². The number of allylic oxidation sites excluding steroid dienone is 1. The summed E-state index contributed by atoms with van der Waals surface area (Å²) < 4.78 is 0.